The maximum Gasteiger partial charge on any atom is 0.345 e. The molecule has 0 fully saturated rings. The van der Waals surface area contributed by atoms with Crippen LogP contribution in [0.2, 0.25) is 0 Å². The normalized spacial score (nSPS) is 11.9. The van der Waals surface area contributed by atoms with Crippen molar-refractivity contribution in [2.45, 2.75) is 19.4 Å². The van der Waals surface area contributed by atoms with Gasteiger partial charge in [0.15, 0.2) is 6.10 Å². The average Bonchev–Trinajstić information content (AvgIpc) is 2.63. The topological polar surface area (TPSA) is 55.8 Å². The van der Waals surface area contributed by atoms with Gasteiger partial charge in [0.25, 0.3) is 0 Å². The Bertz CT molecular complexity index is 855. The van der Waals surface area contributed by atoms with Crippen molar-refractivity contribution in [3.8, 4) is 11.5 Å². The number of carbonyl (C=O) groups is 1. The number of benzene rings is 3. The number of fused-ring (bicyclic) bond motifs is 1. The zero-order valence-corrected chi connectivity index (χ0v) is 14.0. The van der Waals surface area contributed by atoms with Crippen LogP contribution in [0, 0.1) is 0 Å². The molecule has 0 aliphatic rings. The van der Waals surface area contributed by atoms with Crippen molar-refractivity contribution in [2.24, 2.45) is 0 Å². The Balaban J connectivity index is 1.74. The van der Waals surface area contributed by atoms with Gasteiger partial charge in [-0.1, -0.05) is 42.5 Å². The van der Waals surface area contributed by atoms with Crippen LogP contribution in [0.25, 0.3) is 10.8 Å². The molecule has 0 aliphatic heterocycles. The maximum atomic E-state index is 11.6. The summed E-state index contributed by atoms with van der Waals surface area (Å²) in [5, 5.41) is 11.6. The van der Waals surface area contributed by atoms with Gasteiger partial charge in [-0.05, 0) is 47.5 Å². The predicted octanol–water partition coefficient (Wildman–Crippen LogP) is 4.31. The number of hydrogen-bond acceptors (Lipinski definition) is 3. The van der Waals surface area contributed by atoms with Crippen LogP contribution in [0.4, 0.5) is 0 Å². The second-order valence-electron chi connectivity index (χ2n) is 5.73. The number of aliphatic carboxylic acids is 1. The zero-order chi connectivity index (χ0) is 17.6. The molecule has 25 heavy (non-hydrogen) atoms. The van der Waals surface area contributed by atoms with Gasteiger partial charge in [-0.3, -0.25) is 0 Å². The fourth-order valence-electron chi connectivity index (χ4n) is 2.69. The van der Waals surface area contributed by atoms with E-state index in [4.69, 9.17) is 9.47 Å². The Kier molecular flexibility index (Phi) is 5.19. The number of carboxylic acid groups (broad SMARTS) is 1. The molecule has 0 amide bonds. The summed E-state index contributed by atoms with van der Waals surface area (Å²) >= 11 is 0. The van der Waals surface area contributed by atoms with Crippen molar-refractivity contribution in [2.75, 3.05) is 6.61 Å². The van der Waals surface area contributed by atoms with Crippen LogP contribution in [0.5, 0.6) is 11.5 Å². The Morgan fingerprint density at radius 3 is 2.32 bits per heavy atom. The highest BCUT2D eigenvalue weighted by Crippen LogP contribution is 2.22. The fraction of sp³-hybridized carbons (Fsp3) is 0.190. The van der Waals surface area contributed by atoms with Crippen LogP contribution in [0.1, 0.15) is 12.5 Å². The molecule has 4 heteroatoms. The lowest BCUT2D eigenvalue weighted by Crippen LogP contribution is -2.29. The molecule has 0 radical (unpaired) electrons. The van der Waals surface area contributed by atoms with Crippen molar-refractivity contribution >= 4 is 16.7 Å². The third-order valence-corrected chi connectivity index (χ3v) is 3.93. The Morgan fingerprint density at radius 1 is 0.960 bits per heavy atom. The standard InChI is InChI=1S/C21H20O4/c1-2-24-18-10-7-15(8-11-18)13-20(21(22)23)25-19-12-9-16-5-3-4-6-17(16)14-19/h3-12,14,20H,2,13H2,1H3,(H,22,23)/t20-/m0/s1. The van der Waals surface area contributed by atoms with E-state index in [0.717, 1.165) is 22.1 Å². The molecule has 1 N–H and O–H groups in total. The number of hydrogen-bond donors (Lipinski definition) is 1. The van der Waals surface area contributed by atoms with E-state index in [1.165, 1.54) is 0 Å². The average molecular weight is 336 g/mol. The van der Waals surface area contributed by atoms with Crippen molar-refractivity contribution in [3.63, 3.8) is 0 Å². The molecule has 0 heterocycles. The largest absolute Gasteiger partial charge is 0.494 e. The Hall–Kier alpha value is -3.01. The summed E-state index contributed by atoms with van der Waals surface area (Å²) in [5.74, 6) is 0.340. The first-order valence-corrected chi connectivity index (χ1v) is 8.25. The van der Waals surface area contributed by atoms with E-state index in [2.05, 4.69) is 0 Å². The number of rotatable bonds is 7. The van der Waals surface area contributed by atoms with Crippen LogP contribution >= 0.6 is 0 Å². The van der Waals surface area contributed by atoms with Gasteiger partial charge in [-0.15, -0.1) is 0 Å². The minimum Gasteiger partial charge on any atom is -0.494 e. The molecule has 0 aromatic heterocycles. The lowest BCUT2D eigenvalue weighted by Gasteiger charge is -2.16. The lowest BCUT2D eigenvalue weighted by atomic mass is 10.1. The molecule has 0 aliphatic carbocycles. The molecule has 0 spiro atoms. The molecule has 4 nitrogen and oxygen atoms in total. The molecule has 0 bridgehead atoms. The lowest BCUT2D eigenvalue weighted by molar-refractivity contribution is -0.145. The van der Waals surface area contributed by atoms with Gasteiger partial charge in [0.1, 0.15) is 11.5 Å². The molecule has 0 saturated heterocycles. The Morgan fingerprint density at radius 2 is 1.64 bits per heavy atom. The van der Waals surface area contributed by atoms with Crippen molar-refractivity contribution < 1.29 is 19.4 Å². The quantitative estimate of drug-likeness (QED) is 0.698. The summed E-state index contributed by atoms with van der Waals surface area (Å²) in [6.07, 6.45) is -0.659. The highest BCUT2D eigenvalue weighted by atomic mass is 16.5. The van der Waals surface area contributed by atoms with Gasteiger partial charge in [-0.2, -0.15) is 0 Å². The third kappa shape index (κ3) is 4.29. The monoisotopic (exact) mass is 336 g/mol. The van der Waals surface area contributed by atoms with Gasteiger partial charge < -0.3 is 14.6 Å². The number of carboxylic acids is 1. The molecular weight excluding hydrogens is 316 g/mol. The van der Waals surface area contributed by atoms with Crippen LogP contribution in [-0.2, 0) is 11.2 Å². The molecule has 0 unspecified atom stereocenters. The molecule has 3 rings (SSSR count). The summed E-state index contributed by atoms with van der Waals surface area (Å²) in [6, 6.07) is 20.9. The van der Waals surface area contributed by atoms with E-state index < -0.39 is 12.1 Å². The van der Waals surface area contributed by atoms with Gasteiger partial charge >= 0.3 is 5.97 Å². The molecule has 128 valence electrons. The first kappa shape index (κ1) is 16.8. The van der Waals surface area contributed by atoms with Crippen LogP contribution in [0.3, 0.4) is 0 Å². The van der Waals surface area contributed by atoms with E-state index in [1.54, 1.807) is 6.07 Å². The van der Waals surface area contributed by atoms with Crippen LogP contribution in [-0.4, -0.2) is 23.8 Å². The summed E-state index contributed by atoms with van der Waals surface area (Å²) in [4.78, 5) is 11.6. The van der Waals surface area contributed by atoms with E-state index >= 15 is 0 Å². The minimum atomic E-state index is -0.984. The Labute approximate surface area is 146 Å². The minimum absolute atomic E-state index is 0.286. The first-order chi connectivity index (χ1) is 12.2. The van der Waals surface area contributed by atoms with Crippen molar-refractivity contribution in [3.05, 3.63) is 72.3 Å². The highest BCUT2D eigenvalue weighted by Gasteiger charge is 2.20. The smallest absolute Gasteiger partial charge is 0.345 e. The van der Waals surface area contributed by atoms with E-state index in [0.29, 0.717) is 12.4 Å². The van der Waals surface area contributed by atoms with Crippen LogP contribution < -0.4 is 9.47 Å². The van der Waals surface area contributed by atoms with Gasteiger partial charge in [0.05, 0.1) is 6.61 Å². The zero-order valence-electron chi connectivity index (χ0n) is 14.0. The summed E-state index contributed by atoms with van der Waals surface area (Å²) < 4.78 is 11.1. The molecule has 1 atom stereocenters. The fourth-order valence-corrected chi connectivity index (χ4v) is 2.69. The van der Waals surface area contributed by atoms with Crippen molar-refractivity contribution in [1.29, 1.82) is 0 Å². The summed E-state index contributed by atoms with van der Waals surface area (Å²) in [7, 11) is 0. The third-order valence-electron chi connectivity index (χ3n) is 3.93. The van der Waals surface area contributed by atoms with E-state index in [-0.39, 0.29) is 6.42 Å². The summed E-state index contributed by atoms with van der Waals surface area (Å²) in [6.45, 7) is 2.52. The summed E-state index contributed by atoms with van der Waals surface area (Å²) in [5.41, 5.74) is 0.886. The van der Waals surface area contributed by atoms with Gasteiger partial charge in [0.2, 0.25) is 0 Å². The van der Waals surface area contributed by atoms with Gasteiger partial charge in [-0.25, -0.2) is 4.79 Å². The first-order valence-electron chi connectivity index (χ1n) is 8.25. The van der Waals surface area contributed by atoms with Crippen LogP contribution in [0.15, 0.2) is 66.7 Å². The molecule has 3 aromatic rings. The molecule has 3 aromatic carbocycles. The SMILES string of the molecule is CCOc1ccc(C[C@H](Oc2ccc3ccccc3c2)C(=O)O)cc1. The second-order valence-corrected chi connectivity index (χ2v) is 5.73. The maximum absolute atomic E-state index is 11.6. The molecular formula is C21H20O4. The van der Waals surface area contributed by atoms with E-state index in [1.807, 2.05) is 67.6 Å². The molecule has 0 saturated carbocycles. The second kappa shape index (κ2) is 7.71. The predicted molar refractivity (Wildman–Crippen MR) is 97.3 cm³/mol. The van der Waals surface area contributed by atoms with Crippen molar-refractivity contribution in [1.82, 2.24) is 0 Å². The van der Waals surface area contributed by atoms with Gasteiger partial charge in [0, 0.05) is 6.42 Å². The van der Waals surface area contributed by atoms with E-state index in [9.17, 15) is 9.90 Å². The highest BCUT2D eigenvalue weighted by molar-refractivity contribution is 5.84. The number of ether oxygens (including phenoxy) is 2.